The number of halogens is 3. The maximum Gasteiger partial charge on any atom is 0.433 e. The second-order valence-electron chi connectivity index (χ2n) is 4.22. The van der Waals surface area contributed by atoms with Crippen molar-refractivity contribution in [3.05, 3.63) is 23.4 Å². The predicted octanol–water partition coefficient (Wildman–Crippen LogP) is 3.35. The molecule has 0 aromatic carbocycles. The van der Waals surface area contributed by atoms with Crippen molar-refractivity contribution in [1.82, 2.24) is 4.98 Å². The van der Waals surface area contributed by atoms with Crippen LogP contribution >= 0.6 is 11.8 Å². The molecule has 4 nitrogen and oxygen atoms in total. The topological polar surface area (TPSA) is 62.2 Å². The van der Waals surface area contributed by atoms with Gasteiger partial charge in [-0.2, -0.15) is 24.9 Å². The highest BCUT2D eigenvalue weighted by Crippen LogP contribution is 2.29. The molecule has 0 aliphatic rings. The monoisotopic (exact) mass is 308 g/mol. The molecule has 1 unspecified atom stereocenters. The molecule has 20 heavy (non-hydrogen) atoms. The number of carbonyl (C=O) groups is 1. The van der Waals surface area contributed by atoms with Gasteiger partial charge >= 0.3 is 12.1 Å². The van der Waals surface area contributed by atoms with Crippen LogP contribution in [-0.4, -0.2) is 34.1 Å². The number of carboxylic acid groups (broad SMARTS) is 1. The summed E-state index contributed by atoms with van der Waals surface area (Å²) in [6.07, 6.45) is -1.99. The maximum atomic E-state index is 12.6. The molecule has 0 spiro atoms. The van der Waals surface area contributed by atoms with Crippen LogP contribution in [0.25, 0.3) is 0 Å². The van der Waals surface area contributed by atoms with Gasteiger partial charge in [0.05, 0.1) is 0 Å². The lowest BCUT2D eigenvalue weighted by Crippen LogP contribution is -2.21. The number of hydrogen-bond acceptors (Lipinski definition) is 4. The normalized spacial score (nSPS) is 13.1. The van der Waals surface area contributed by atoms with Crippen molar-refractivity contribution in [2.45, 2.75) is 25.6 Å². The molecule has 0 bridgehead atoms. The van der Waals surface area contributed by atoms with E-state index in [1.54, 1.807) is 18.7 Å². The van der Waals surface area contributed by atoms with Crippen molar-refractivity contribution in [2.24, 2.45) is 0 Å². The Kier molecular flexibility index (Phi) is 5.67. The van der Waals surface area contributed by atoms with E-state index in [-0.39, 0.29) is 17.4 Å². The molecule has 0 saturated carbocycles. The molecule has 1 rings (SSSR count). The van der Waals surface area contributed by atoms with E-state index in [0.29, 0.717) is 12.5 Å². The van der Waals surface area contributed by atoms with Gasteiger partial charge in [0.2, 0.25) is 0 Å². The fourth-order valence-corrected chi connectivity index (χ4v) is 2.09. The molecule has 8 heteroatoms. The zero-order valence-corrected chi connectivity index (χ0v) is 11.8. The van der Waals surface area contributed by atoms with Gasteiger partial charge in [0, 0.05) is 6.04 Å². The number of pyridine rings is 1. The van der Waals surface area contributed by atoms with Gasteiger partial charge in [0.1, 0.15) is 17.1 Å². The number of anilines is 1. The number of carboxylic acids is 1. The summed E-state index contributed by atoms with van der Waals surface area (Å²) in [6, 6.07) is 1.42. The third-order valence-corrected chi connectivity index (χ3v) is 3.20. The fraction of sp³-hybridized carbons (Fsp3) is 0.500. The van der Waals surface area contributed by atoms with Gasteiger partial charge in [-0.3, -0.25) is 0 Å². The molecule has 1 aromatic heterocycles. The number of nitrogens with one attached hydrogen (secondary N) is 1. The molecule has 0 amide bonds. The summed E-state index contributed by atoms with van der Waals surface area (Å²) in [5.41, 5.74) is -1.38. The number of nitrogens with zero attached hydrogens (tertiary/aromatic N) is 1. The smallest absolute Gasteiger partial charge is 0.433 e. The fourth-order valence-electron chi connectivity index (χ4n) is 1.50. The molecule has 2 N–H and O–H groups in total. The quantitative estimate of drug-likeness (QED) is 0.844. The van der Waals surface area contributed by atoms with E-state index in [4.69, 9.17) is 5.11 Å². The summed E-state index contributed by atoms with van der Waals surface area (Å²) in [5, 5.41) is 11.7. The van der Waals surface area contributed by atoms with Crippen molar-refractivity contribution in [3.63, 3.8) is 0 Å². The van der Waals surface area contributed by atoms with Crippen LogP contribution in [0.15, 0.2) is 12.1 Å². The molecular weight excluding hydrogens is 293 g/mol. The van der Waals surface area contributed by atoms with Gasteiger partial charge in [-0.05, 0) is 37.5 Å². The Bertz CT molecular complexity index is 480. The summed E-state index contributed by atoms with van der Waals surface area (Å²) >= 11 is 1.60. The largest absolute Gasteiger partial charge is 0.478 e. The molecule has 1 heterocycles. The van der Waals surface area contributed by atoms with Crippen LogP contribution < -0.4 is 5.32 Å². The van der Waals surface area contributed by atoms with Crippen LogP contribution in [0.3, 0.4) is 0 Å². The number of thioether (sulfide) groups is 1. The number of hydrogen-bond donors (Lipinski definition) is 2. The third-order valence-electron chi connectivity index (χ3n) is 2.55. The Hall–Kier alpha value is -1.44. The average Bonchev–Trinajstić information content (AvgIpc) is 2.34. The number of aromatic carboxylic acids is 1. The second-order valence-corrected chi connectivity index (χ2v) is 5.21. The van der Waals surface area contributed by atoms with Crippen molar-refractivity contribution in [3.8, 4) is 0 Å². The van der Waals surface area contributed by atoms with E-state index in [1.807, 2.05) is 6.26 Å². The SMILES string of the molecule is CSCCC(C)Nc1nc(C(F)(F)F)ccc1C(=O)O. The zero-order chi connectivity index (χ0) is 15.3. The number of rotatable bonds is 6. The summed E-state index contributed by atoms with van der Waals surface area (Å²) in [6.45, 7) is 1.77. The average molecular weight is 308 g/mol. The summed E-state index contributed by atoms with van der Waals surface area (Å²) < 4.78 is 37.8. The van der Waals surface area contributed by atoms with Crippen molar-refractivity contribution in [2.75, 3.05) is 17.3 Å². The van der Waals surface area contributed by atoms with Crippen molar-refractivity contribution >= 4 is 23.5 Å². The van der Waals surface area contributed by atoms with Gasteiger partial charge in [0.25, 0.3) is 0 Å². The van der Waals surface area contributed by atoms with E-state index in [0.717, 1.165) is 11.8 Å². The Balaban J connectivity index is 3.03. The van der Waals surface area contributed by atoms with Crippen LogP contribution in [0.5, 0.6) is 0 Å². The predicted molar refractivity (Wildman–Crippen MR) is 72.3 cm³/mol. The summed E-state index contributed by atoms with van der Waals surface area (Å²) in [5.74, 6) is -0.748. The summed E-state index contributed by atoms with van der Waals surface area (Å²) in [4.78, 5) is 14.4. The molecule has 0 fully saturated rings. The standard InChI is InChI=1S/C12H15F3N2O2S/c1-7(5-6-20-2)16-10-8(11(18)19)3-4-9(17-10)12(13,14)15/h3-4,7H,5-6H2,1-2H3,(H,16,17)(H,18,19). The first-order valence-corrected chi connectivity index (χ1v) is 7.22. The van der Waals surface area contributed by atoms with Crippen LogP contribution in [0.2, 0.25) is 0 Å². The highest BCUT2D eigenvalue weighted by atomic mass is 32.2. The molecule has 112 valence electrons. The first-order chi connectivity index (χ1) is 9.25. The highest BCUT2D eigenvalue weighted by Gasteiger charge is 2.33. The first-order valence-electron chi connectivity index (χ1n) is 5.82. The van der Waals surface area contributed by atoms with Crippen LogP contribution in [0, 0.1) is 0 Å². The van der Waals surface area contributed by atoms with E-state index in [9.17, 15) is 18.0 Å². The van der Waals surface area contributed by atoms with Gasteiger partial charge in [-0.15, -0.1) is 0 Å². The first kappa shape index (κ1) is 16.6. The zero-order valence-electron chi connectivity index (χ0n) is 11.0. The lowest BCUT2D eigenvalue weighted by Gasteiger charge is -2.17. The third kappa shape index (κ3) is 4.59. The molecule has 1 atom stereocenters. The number of aromatic nitrogens is 1. The minimum Gasteiger partial charge on any atom is -0.478 e. The van der Waals surface area contributed by atoms with Gasteiger partial charge in [0.15, 0.2) is 0 Å². The van der Waals surface area contributed by atoms with E-state index in [2.05, 4.69) is 10.3 Å². The lowest BCUT2D eigenvalue weighted by atomic mass is 10.2. The van der Waals surface area contributed by atoms with Crippen LogP contribution in [0.4, 0.5) is 19.0 Å². The molecule has 0 aliphatic carbocycles. The van der Waals surface area contributed by atoms with Gasteiger partial charge < -0.3 is 10.4 Å². The maximum absolute atomic E-state index is 12.6. The minimum absolute atomic E-state index is 0.170. The van der Waals surface area contributed by atoms with E-state index >= 15 is 0 Å². The van der Waals surface area contributed by atoms with E-state index in [1.165, 1.54) is 0 Å². The molecular formula is C12H15F3N2O2S. The minimum atomic E-state index is -4.60. The molecule has 0 saturated heterocycles. The Morgan fingerprint density at radius 1 is 1.50 bits per heavy atom. The second kappa shape index (κ2) is 6.83. The summed E-state index contributed by atoms with van der Waals surface area (Å²) in [7, 11) is 0. The van der Waals surface area contributed by atoms with E-state index < -0.39 is 17.8 Å². The van der Waals surface area contributed by atoms with Crippen molar-refractivity contribution in [1.29, 1.82) is 0 Å². The Morgan fingerprint density at radius 3 is 2.65 bits per heavy atom. The molecule has 0 radical (unpaired) electrons. The van der Waals surface area contributed by atoms with Crippen LogP contribution in [-0.2, 0) is 6.18 Å². The van der Waals surface area contributed by atoms with Crippen LogP contribution in [0.1, 0.15) is 29.4 Å². The van der Waals surface area contributed by atoms with Crippen molar-refractivity contribution < 1.29 is 23.1 Å². The lowest BCUT2D eigenvalue weighted by molar-refractivity contribution is -0.141. The highest BCUT2D eigenvalue weighted by molar-refractivity contribution is 7.98. The molecule has 1 aromatic rings. The number of alkyl halides is 3. The Morgan fingerprint density at radius 2 is 2.15 bits per heavy atom. The van der Waals surface area contributed by atoms with Gasteiger partial charge in [-0.1, -0.05) is 0 Å². The Labute approximate surface area is 118 Å². The van der Waals surface area contributed by atoms with Gasteiger partial charge in [-0.25, -0.2) is 9.78 Å². The molecule has 0 aliphatic heterocycles.